The van der Waals surface area contributed by atoms with Gasteiger partial charge in [0.25, 0.3) is 0 Å². The zero-order valence-electron chi connectivity index (χ0n) is 12.6. The number of oxime groups is 1. The van der Waals surface area contributed by atoms with E-state index in [4.69, 9.17) is 5.73 Å². The van der Waals surface area contributed by atoms with E-state index in [1.807, 2.05) is 13.0 Å². The number of rotatable bonds is 7. The van der Waals surface area contributed by atoms with Gasteiger partial charge in [-0.1, -0.05) is 28.9 Å². The zero-order chi connectivity index (χ0) is 17.6. The van der Waals surface area contributed by atoms with Gasteiger partial charge >= 0.3 is 11.6 Å². The fourth-order valence-corrected chi connectivity index (χ4v) is 1.59. The van der Waals surface area contributed by atoms with Gasteiger partial charge in [0.1, 0.15) is 0 Å². The number of carbonyl (C=O) groups excluding carboxylic acids is 1. The molecule has 0 radical (unpaired) electrons. The molecule has 2 N–H and O–H groups in total. The molecule has 1 aromatic rings. The molecule has 0 unspecified atom stereocenters. The van der Waals surface area contributed by atoms with Crippen LogP contribution in [0.1, 0.15) is 30.9 Å². The number of aryl methyl sites for hydroxylation is 1. The molecule has 0 aromatic heterocycles. The van der Waals surface area contributed by atoms with Crippen LogP contribution in [0.5, 0.6) is 0 Å². The van der Waals surface area contributed by atoms with Crippen molar-refractivity contribution in [2.75, 3.05) is 0 Å². The number of amidine groups is 1. The second-order valence-corrected chi connectivity index (χ2v) is 5.04. The summed E-state index contributed by atoms with van der Waals surface area (Å²) in [4.78, 5) is 35.4. The Kier molecular flexibility index (Phi) is 5.71. The lowest BCUT2D eigenvalue weighted by atomic mass is 10.1. The van der Waals surface area contributed by atoms with Gasteiger partial charge in [-0.25, -0.2) is 4.79 Å². The lowest BCUT2D eigenvalue weighted by Crippen LogP contribution is -2.43. The van der Waals surface area contributed by atoms with E-state index in [0.717, 1.165) is 12.5 Å². The Morgan fingerprint density at radius 3 is 2.48 bits per heavy atom. The Morgan fingerprint density at radius 2 is 1.96 bits per heavy atom. The standard InChI is InChI=1S/C13H16N4O6/c1-9-4-3-5-10(8-9)12(14)15-23-11(18)6-7-13(2,16(19)20)17(21)22/h3-5,8H,6-7H2,1-2H3,(H2,14,15). The van der Waals surface area contributed by atoms with Gasteiger partial charge in [-0.05, 0) is 13.0 Å². The van der Waals surface area contributed by atoms with Crippen molar-refractivity contribution in [3.05, 3.63) is 55.6 Å². The summed E-state index contributed by atoms with van der Waals surface area (Å²) >= 11 is 0. The lowest BCUT2D eigenvalue weighted by molar-refractivity contribution is -0.792. The van der Waals surface area contributed by atoms with Gasteiger partial charge in [0, 0.05) is 5.56 Å². The number of nitro groups is 2. The molecule has 10 nitrogen and oxygen atoms in total. The molecule has 0 atom stereocenters. The molecule has 0 amide bonds. The highest BCUT2D eigenvalue weighted by atomic mass is 16.7. The molecule has 0 aliphatic heterocycles. The van der Waals surface area contributed by atoms with E-state index in [-0.39, 0.29) is 5.84 Å². The van der Waals surface area contributed by atoms with Crippen molar-refractivity contribution >= 4 is 11.8 Å². The topological polar surface area (TPSA) is 151 Å². The van der Waals surface area contributed by atoms with E-state index < -0.39 is 34.3 Å². The van der Waals surface area contributed by atoms with Crippen LogP contribution in [0.2, 0.25) is 0 Å². The highest BCUT2D eigenvalue weighted by Gasteiger charge is 2.50. The maximum Gasteiger partial charge on any atom is 0.456 e. The number of nitrogens with two attached hydrogens (primary N) is 1. The van der Waals surface area contributed by atoms with Crippen molar-refractivity contribution in [2.45, 2.75) is 32.4 Å². The van der Waals surface area contributed by atoms with Crippen LogP contribution in [0.3, 0.4) is 0 Å². The van der Waals surface area contributed by atoms with E-state index in [1.165, 1.54) is 0 Å². The first-order valence-corrected chi connectivity index (χ1v) is 6.56. The van der Waals surface area contributed by atoms with Gasteiger partial charge in [-0.2, -0.15) is 0 Å². The van der Waals surface area contributed by atoms with Crippen LogP contribution in [0, 0.1) is 27.2 Å². The molecule has 0 bridgehead atoms. The molecule has 0 saturated carbocycles. The number of hydrogen-bond donors (Lipinski definition) is 1. The molecule has 23 heavy (non-hydrogen) atoms. The lowest BCUT2D eigenvalue weighted by Gasteiger charge is -2.11. The first kappa shape index (κ1) is 18.0. The van der Waals surface area contributed by atoms with Crippen LogP contribution in [-0.2, 0) is 9.63 Å². The normalized spacial score (nSPS) is 11.8. The summed E-state index contributed by atoms with van der Waals surface area (Å²) in [6.45, 7) is 2.67. The molecule has 0 aliphatic rings. The van der Waals surface area contributed by atoms with Crippen LogP contribution in [0.15, 0.2) is 29.4 Å². The van der Waals surface area contributed by atoms with E-state index in [9.17, 15) is 25.0 Å². The fourth-order valence-electron chi connectivity index (χ4n) is 1.59. The number of hydrogen-bond acceptors (Lipinski definition) is 7. The predicted molar refractivity (Wildman–Crippen MR) is 79.6 cm³/mol. The van der Waals surface area contributed by atoms with E-state index in [0.29, 0.717) is 5.56 Å². The average Bonchev–Trinajstić information content (AvgIpc) is 2.49. The largest absolute Gasteiger partial charge is 0.456 e. The van der Waals surface area contributed by atoms with E-state index in [2.05, 4.69) is 9.99 Å². The summed E-state index contributed by atoms with van der Waals surface area (Å²) in [6.07, 6.45) is -1.16. The van der Waals surface area contributed by atoms with Gasteiger partial charge in [-0.15, -0.1) is 0 Å². The third-order valence-corrected chi connectivity index (χ3v) is 3.15. The summed E-state index contributed by atoms with van der Waals surface area (Å²) in [5.41, 5.74) is 4.66. The number of carbonyl (C=O) groups is 1. The van der Waals surface area contributed by atoms with Crippen LogP contribution < -0.4 is 5.73 Å². The van der Waals surface area contributed by atoms with Gasteiger partial charge in [0.2, 0.25) is 0 Å². The second kappa shape index (κ2) is 7.29. The minimum absolute atomic E-state index is 0.0478. The SMILES string of the molecule is Cc1cccc(/C(N)=N/OC(=O)CCC(C)([N+](=O)[O-])[N+](=O)[O-])c1. The summed E-state index contributed by atoms with van der Waals surface area (Å²) in [6, 6.07) is 6.98. The van der Waals surface area contributed by atoms with E-state index in [1.54, 1.807) is 18.2 Å². The number of benzene rings is 1. The maximum absolute atomic E-state index is 11.5. The first-order chi connectivity index (χ1) is 10.7. The number of nitrogens with zero attached hydrogens (tertiary/aromatic N) is 3. The third-order valence-electron chi connectivity index (χ3n) is 3.15. The molecular weight excluding hydrogens is 308 g/mol. The Morgan fingerprint density at radius 1 is 1.35 bits per heavy atom. The third kappa shape index (κ3) is 4.73. The average molecular weight is 324 g/mol. The Balaban J connectivity index is 2.65. The first-order valence-electron chi connectivity index (χ1n) is 6.56. The van der Waals surface area contributed by atoms with Gasteiger partial charge in [-0.3, -0.25) is 20.2 Å². The van der Waals surface area contributed by atoms with Crippen molar-refractivity contribution in [1.82, 2.24) is 0 Å². The Hall–Kier alpha value is -3.04. The molecule has 0 aliphatic carbocycles. The highest BCUT2D eigenvalue weighted by molar-refractivity contribution is 5.97. The van der Waals surface area contributed by atoms with Crippen molar-refractivity contribution < 1.29 is 19.5 Å². The summed E-state index contributed by atoms with van der Waals surface area (Å²) < 4.78 is 0. The minimum Gasteiger partial charge on any atom is -0.380 e. The minimum atomic E-state index is -2.45. The van der Waals surface area contributed by atoms with Crippen molar-refractivity contribution in [3.8, 4) is 0 Å². The van der Waals surface area contributed by atoms with Crippen LogP contribution in [0.25, 0.3) is 0 Å². The molecule has 0 saturated heterocycles. The fraction of sp³-hybridized carbons (Fsp3) is 0.385. The highest BCUT2D eigenvalue weighted by Crippen LogP contribution is 2.17. The molecule has 124 valence electrons. The second-order valence-electron chi connectivity index (χ2n) is 5.04. The smallest absolute Gasteiger partial charge is 0.380 e. The molecule has 10 heteroatoms. The maximum atomic E-state index is 11.5. The predicted octanol–water partition coefficient (Wildman–Crippen LogP) is 1.21. The van der Waals surface area contributed by atoms with Crippen molar-refractivity contribution in [3.63, 3.8) is 0 Å². The molecular formula is C13H16N4O6. The Labute approximate surface area is 131 Å². The van der Waals surface area contributed by atoms with Gasteiger partial charge < -0.3 is 10.6 Å². The Bertz CT molecular complexity index is 644. The van der Waals surface area contributed by atoms with Gasteiger partial charge in [0.15, 0.2) is 5.84 Å². The quantitative estimate of drug-likeness (QED) is 0.197. The summed E-state index contributed by atoms with van der Waals surface area (Å²) in [5.74, 6) is -0.996. The molecule has 1 rings (SSSR count). The molecule has 0 spiro atoms. The van der Waals surface area contributed by atoms with Crippen LogP contribution in [-0.4, -0.2) is 27.3 Å². The van der Waals surface area contributed by atoms with Crippen molar-refractivity contribution in [2.24, 2.45) is 10.9 Å². The molecule has 0 fully saturated rings. The van der Waals surface area contributed by atoms with Crippen LogP contribution in [0.4, 0.5) is 0 Å². The zero-order valence-corrected chi connectivity index (χ0v) is 12.6. The van der Waals surface area contributed by atoms with Gasteiger partial charge in [0.05, 0.1) is 29.6 Å². The summed E-state index contributed by atoms with van der Waals surface area (Å²) in [7, 11) is 0. The monoisotopic (exact) mass is 324 g/mol. The molecule has 0 heterocycles. The van der Waals surface area contributed by atoms with Crippen LogP contribution >= 0.6 is 0 Å². The van der Waals surface area contributed by atoms with Crippen molar-refractivity contribution in [1.29, 1.82) is 0 Å². The van der Waals surface area contributed by atoms with E-state index >= 15 is 0 Å². The molecule has 1 aromatic carbocycles. The summed E-state index contributed by atoms with van der Waals surface area (Å²) in [5, 5.41) is 24.9.